The van der Waals surface area contributed by atoms with Crippen molar-refractivity contribution in [2.75, 3.05) is 17.4 Å². The van der Waals surface area contributed by atoms with E-state index < -0.39 is 47.6 Å². The Morgan fingerprint density at radius 2 is 1.59 bits per heavy atom. The number of carbonyl (C=O) groups excluding carboxylic acids is 5. The summed E-state index contributed by atoms with van der Waals surface area (Å²) in [7, 11) is 0. The maximum atomic E-state index is 12.9. The molecule has 2 atom stereocenters. The number of nitrogens with two attached hydrogens (primary N) is 1. The van der Waals surface area contributed by atoms with Crippen LogP contribution in [0.2, 0.25) is 5.02 Å². The van der Waals surface area contributed by atoms with Gasteiger partial charge in [-0.05, 0) is 82.1 Å². The van der Waals surface area contributed by atoms with Crippen molar-refractivity contribution in [2.24, 2.45) is 5.73 Å². The number of carbonyl (C=O) groups is 5. The largest absolute Gasteiger partial charge is 0.461 e. The molecule has 226 valence electrons. The molecule has 0 heterocycles. The second kappa shape index (κ2) is 16.5. The van der Waals surface area contributed by atoms with Gasteiger partial charge in [-0.2, -0.15) is 5.06 Å². The van der Waals surface area contributed by atoms with E-state index in [1.54, 1.807) is 0 Å². The van der Waals surface area contributed by atoms with Crippen molar-refractivity contribution in [3.05, 3.63) is 29.3 Å². The summed E-state index contributed by atoms with van der Waals surface area (Å²) in [5.41, 5.74) is 6.06. The van der Waals surface area contributed by atoms with Gasteiger partial charge >= 0.3 is 17.2 Å². The van der Waals surface area contributed by atoms with Crippen LogP contribution in [0.4, 0.5) is 10.5 Å². The van der Waals surface area contributed by atoms with Gasteiger partial charge in [-0.25, -0.2) is 0 Å². The van der Waals surface area contributed by atoms with Crippen molar-refractivity contribution in [2.45, 2.75) is 88.5 Å². The Morgan fingerprint density at radius 1 is 1.00 bits per heavy atom. The summed E-state index contributed by atoms with van der Waals surface area (Å²) >= 11 is 6.42. The molecule has 0 saturated heterocycles. The number of halogens is 1. The third-order valence-corrected chi connectivity index (χ3v) is 8.02. The summed E-state index contributed by atoms with van der Waals surface area (Å²) in [6.07, 6.45) is 6.58. The predicted molar refractivity (Wildman–Crippen MR) is 152 cm³/mol. The van der Waals surface area contributed by atoms with Crippen LogP contribution in [0.15, 0.2) is 24.3 Å². The number of amides is 3. The van der Waals surface area contributed by atoms with Crippen LogP contribution in [0.5, 0.6) is 0 Å². The summed E-state index contributed by atoms with van der Waals surface area (Å²) in [4.78, 5) is 62.5. The van der Waals surface area contributed by atoms with E-state index in [-0.39, 0.29) is 36.5 Å². The molecule has 3 rings (SSSR count). The first-order valence-electron chi connectivity index (χ1n) is 13.8. The lowest BCUT2D eigenvalue weighted by atomic mass is 10.1. The molecular formula is C27H37ClN4O8S. The van der Waals surface area contributed by atoms with E-state index in [1.165, 1.54) is 24.3 Å². The molecule has 0 spiro atoms. The number of nitrogens with zero attached hydrogens (tertiary/aromatic N) is 1. The third kappa shape index (κ3) is 11.1. The van der Waals surface area contributed by atoms with Crippen molar-refractivity contribution in [1.29, 1.82) is 0 Å². The molecule has 5 N–H and O–H groups in total. The van der Waals surface area contributed by atoms with Crippen LogP contribution < -0.4 is 21.4 Å². The SMILES string of the molecule is NC(CCC(=O)NC(CSC(=O)N(O)c1ccc(Cl)cc1)C(=O)NCC(=O)OC1CCCC1)C(=O)OC1CCCC1. The summed E-state index contributed by atoms with van der Waals surface area (Å²) < 4.78 is 10.7. The minimum Gasteiger partial charge on any atom is -0.461 e. The molecule has 1 aromatic carbocycles. The number of hydrogen-bond acceptors (Lipinski definition) is 10. The van der Waals surface area contributed by atoms with Crippen LogP contribution >= 0.6 is 23.4 Å². The first-order valence-corrected chi connectivity index (χ1v) is 15.1. The van der Waals surface area contributed by atoms with E-state index >= 15 is 0 Å². The maximum Gasteiger partial charge on any atom is 0.325 e. The maximum absolute atomic E-state index is 12.9. The Hall–Kier alpha value is -2.87. The molecular weight excluding hydrogens is 576 g/mol. The Morgan fingerprint density at radius 3 is 2.20 bits per heavy atom. The van der Waals surface area contributed by atoms with Crippen LogP contribution in [0.25, 0.3) is 0 Å². The Balaban J connectivity index is 1.53. The minimum atomic E-state index is -1.24. The van der Waals surface area contributed by atoms with Crippen LogP contribution in [-0.2, 0) is 28.7 Å². The van der Waals surface area contributed by atoms with Crippen LogP contribution in [-0.4, -0.2) is 70.8 Å². The molecule has 3 amide bonds. The zero-order chi connectivity index (χ0) is 29.8. The number of rotatable bonds is 13. The molecule has 41 heavy (non-hydrogen) atoms. The topological polar surface area (TPSA) is 177 Å². The molecule has 14 heteroatoms. The number of anilines is 1. The molecule has 0 aliphatic heterocycles. The number of hydroxylamine groups is 1. The summed E-state index contributed by atoms with van der Waals surface area (Å²) in [6.45, 7) is -0.408. The van der Waals surface area contributed by atoms with Crippen LogP contribution in [0, 0.1) is 0 Å². The number of hydrogen-bond donors (Lipinski definition) is 4. The predicted octanol–water partition coefficient (Wildman–Crippen LogP) is 3.07. The fourth-order valence-electron chi connectivity index (χ4n) is 4.53. The Bertz CT molecular complexity index is 1060. The molecule has 0 bridgehead atoms. The zero-order valence-electron chi connectivity index (χ0n) is 22.7. The fraction of sp³-hybridized carbons (Fsp3) is 0.593. The highest BCUT2D eigenvalue weighted by Crippen LogP contribution is 2.23. The lowest BCUT2D eigenvalue weighted by Crippen LogP contribution is -2.50. The fourth-order valence-corrected chi connectivity index (χ4v) is 5.43. The number of esters is 2. The molecule has 0 aromatic heterocycles. The van der Waals surface area contributed by atoms with E-state index in [0.29, 0.717) is 21.8 Å². The van der Waals surface area contributed by atoms with Crippen molar-refractivity contribution in [3.63, 3.8) is 0 Å². The minimum absolute atomic E-state index is 0.00744. The van der Waals surface area contributed by atoms with E-state index in [2.05, 4.69) is 10.6 Å². The second-order valence-electron chi connectivity index (χ2n) is 10.1. The molecule has 2 fully saturated rings. The van der Waals surface area contributed by atoms with Gasteiger partial charge < -0.3 is 25.8 Å². The van der Waals surface area contributed by atoms with E-state index in [9.17, 15) is 29.2 Å². The van der Waals surface area contributed by atoms with Crippen molar-refractivity contribution in [3.8, 4) is 0 Å². The summed E-state index contributed by atoms with van der Waals surface area (Å²) in [6, 6.07) is 3.61. The van der Waals surface area contributed by atoms with E-state index in [0.717, 1.165) is 51.4 Å². The van der Waals surface area contributed by atoms with Crippen molar-refractivity contribution >= 4 is 58.0 Å². The monoisotopic (exact) mass is 612 g/mol. The highest BCUT2D eigenvalue weighted by molar-refractivity contribution is 8.13. The van der Waals surface area contributed by atoms with Gasteiger partial charge in [0.1, 0.15) is 30.8 Å². The Kier molecular flexibility index (Phi) is 13.2. The lowest BCUT2D eigenvalue weighted by molar-refractivity contribution is -0.150. The van der Waals surface area contributed by atoms with Crippen molar-refractivity contribution < 1.29 is 38.7 Å². The highest BCUT2D eigenvalue weighted by atomic mass is 35.5. The second-order valence-corrected chi connectivity index (χ2v) is 11.5. The van der Waals surface area contributed by atoms with Gasteiger partial charge in [0.15, 0.2) is 0 Å². The van der Waals surface area contributed by atoms with E-state index in [4.69, 9.17) is 26.8 Å². The van der Waals surface area contributed by atoms with Crippen LogP contribution in [0.1, 0.15) is 64.2 Å². The van der Waals surface area contributed by atoms with Gasteiger partial charge in [0.05, 0.1) is 5.69 Å². The average molecular weight is 613 g/mol. The normalized spacial score (nSPS) is 17.0. The van der Waals surface area contributed by atoms with Gasteiger partial charge in [-0.15, -0.1) is 0 Å². The molecule has 2 saturated carbocycles. The van der Waals surface area contributed by atoms with Crippen LogP contribution in [0.3, 0.4) is 0 Å². The number of nitrogens with one attached hydrogen (secondary N) is 2. The molecule has 12 nitrogen and oxygen atoms in total. The smallest absolute Gasteiger partial charge is 0.325 e. The number of thioether (sulfide) groups is 1. The average Bonchev–Trinajstić information content (AvgIpc) is 3.67. The zero-order valence-corrected chi connectivity index (χ0v) is 24.3. The first kappa shape index (κ1) is 32.6. The summed E-state index contributed by atoms with van der Waals surface area (Å²) in [5.74, 6) is -2.74. The standard InChI is InChI=1S/C27H37ClN4O8S/c28-17-9-11-18(12-10-17)32(38)27(37)41-16-22(25(35)30-15-24(34)39-19-5-1-2-6-19)31-23(33)14-13-21(29)26(36)40-20-7-3-4-8-20/h9-12,19-22,38H,1-8,13-16,29H2,(H,30,35)(H,31,33). The quantitative estimate of drug-likeness (QED) is 0.147. The molecule has 2 aliphatic carbocycles. The van der Waals surface area contributed by atoms with Gasteiger partial charge in [0.25, 0.3) is 0 Å². The van der Waals surface area contributed by atoms with Gasteiger partial charge in [0, 0.05) is 17.2 Å². The Labute approximate surface area is 247 Å². The summed E-state index contributed by atoms with van der Waals surface area (Å²) in [5, 5.41) is 15.2. The number of benzene rings is 1. The number of ether oxygens (including phenoxy) is 2. The molecule has 0 radical (unpaired) electrons. The lowest BCUT2D eigenvalue weighted by Gasteiger charge is -2.20. The first-order chi connectivity index (χ1) is 19.6. The van der Waals surface area contributed by atoms with Crippen molar-refractivity contribution in [1.82, 2.24) is 10.6 Å². The highest BCUT2D eigenvalue weighted by Gasteiger charge is 2.27. The van der Waals surface area contributed by atoms with Gasteiger partial charge in [-0.3, -0.25) is 29.2 Å². The third-order valence-electron chi connectivity index (χ3n) is 6.85. The van der Waals surface area contributed by atoms with E-state index in [1.807, 2.05) is 0 Å². The molecule has 2 unspecified atom stereocenters. The van der Waals surface area contributed by atoms with Gasteiger partial charge in [0.2, 0.25) is 11.8 Å². The van der Waals surface area contributed by atoms with Gasteiger partial charge in [-0.1, -0.05) is 23.4 Å². The molecule has 2 aliphatic rings. The molecule has 1 aromatic rings.